The van der Waals surface area contributed by atoms with E-state index in [0.29, 0.717) is 12.8 Å². The summed E-state index contributed by atoms with van der Waals surface area (Å²) in [6.45, 7) is 0. The van der Waals surface area contributed by atoms with Crippen molar-refractivity contribution in [2.24, 2.45) is 11.8 Å². The van der Waals surface area contributed by atoms with Crippen molar-refractivity contribution in [3.8, 4) is 5.75 Å². The second-order valence-corrected chi connectivity index (χ2v) is 9.60. The monoisotopic (exact) mass is 469 g/mol. The maximum atomic E-state index is 14.2. The topological polar surface area (TPSA) is 66.8 Å². The zero-order valence-corrected chi connectivity index (χ0v) is 19.8. The van der Waals surface area contributed by atoms with Crippen LogP contribution in [0.4, 0.5) is 11.4 Å². The minimum absolute atomic E-state index is 0.0652. The number of hydrogen-bond donors (Lipinski definition) is 1. The van der Waals surface area contributed by atoms with E-state index in [9.17, 15) is 14.7 Å². The molecule has 5 heteroatoms. The molecule has 5 rings (SSSR count). The number of aromatic hydroxyl groups is 1. The summed E-state index contributed by atoms with van der Waals surface area (Å²) in [5.74, 6) is -0.438. The summed E-state index contributed by atoms with van der Waals surface area (Å²) in [6.07, 6.45) is 5.12. The van der Waals surface area contributed by atoms with Crippen LogP contribution in [0.1, 0.15) is 37.7 Å². The zero-order chi connectivity index (χ0) is 24.2. The molecule has 1 saturated heterocycles. The molecule has 3 unspecified atom stereocenters. The lowest BCUT2D eigenvalue weighted by Crippen LogP contribution is -2.57. The number of para-hydroxylation sites is 2. The normalized spacial score (nSPS) is 22.7. The van der Waals surface area contributed by atoms with Crippen molar-refractivity contribution in [2.45, 2.75) is 50.7 Å². The number of benzene rings is 3. The number of carbonyl (C=O) groups is 2. The van der Waals surface area contributed by atoms with Crippen molar-refractivity contribution in [2.75, 3.05) is 4.90 Å². The highest BCUT2D eigenvalue weighted by Gasteiger charge is 2.50. The van der Waals surface area contributed by atoms with Crippen molar-refractivity contribution >= 4 is 23.1 Å². The van der Waals surface area contributed by atoms with Crippen LogP contribution in [0.5, 0.6) is 5.75 Å². The second kappa shape index (κ2) is 10.3. The Kier molecular flexibility index (Phi) is 6.84. The van der Waals surface area contributed by atoms with E-state index < -0.39 is 12.0 Å². The molecule has 1 saturated carbocycles. The van der Waals surface area contributed by atoms with E-state index in [-0.39, 0.29) is 29.5 Å². The highest BCUT2D eigenvalue weighted by molar-refractivity contribution is 6.10. The number of aryl methyl sites for hydroxylation is 1. The molecule has 1 aliphatic heterocycles. The van der Waals surface area contributed by atoms with Gasteiger partial charge in [0, 0.05) is 11.4 Å². The Labute approximate surface area is 206 Å². The van der Waals surface area contributed by atoms with Gasteiger partial charge >= 0.3 is 5.97 Å². The summed E-state index contributed by atoms with van der Waals surface area (Å²) in [5.41, 5.74) is 2.62. The van der Waals surface area contributed by atoms with Gasteiger partial charge in [0.2, 0.25) is 0 Å². The first-order valence-corrected chi connectivity index (χ1v) is 12.5. The van der Waals surface area contributed by atoms with Crippen LogP contribution in [0.3, 0.4) is 0 Å². The molecular weight excluding hydrogens is 438 g/mol. The average molecular weight is 470 g/mol. The van der Waals surface area contributed by atoms with Crippen LogP contribution < -0.4 is 4.90 Å². The molecule has 0 spiro atoms. The summed E-state index contributed by atoms with van der Waals surface area (Å²) in [5, 5.41) is 9.63. The predicted octanol–water partition coefficient (Wildman–Crippen LogP) is 5.83. The molecule has 0 bridgehead atoms. The number of rotatable bonds is 7. The Balaban J connectivity index is 1.49. The fourth-order valence-corrected chi connectivity index (χ4v) is 5.62. The van der Waals surface area contributed by atoms with E-state index in [4.69, 9.17) is 4.74 Å². The van der Waals surface area contributed by atoms with Gasteiger partial charge < -0.3 is 14.7 Å². The minimum atomic E-state index is -1.03. The van der Waals surface area contributed by atoms with Crippen molar-refractivity contribution in [1.82, 2.24) is 0 Å². The predicted molar refractivity (Wildman–Crippen MR) is 136 cm³/mol. The molecule has 1 aliphatic carbocycles. The van der Waals surface area contributed by atoms with Gasteiger partial charge in [-0.15, -0.1) is 0 Å². The van der Waals surface area contributed by atoms with E-state index in [1.807, 2.05) is 77.7 Å². The minimum Gasteiger partial charge on any atom is -0.508 e. The highest BCUT2D eigenvalue weighted by Crippen LogP contribution is 2.40. The summed E-state index contributed by atoms with van der Waals surface area (Å²) in [4.78, 5) is 29.5. The molecule has 0 amide bonds. The van der Waals surface area contributed by atoms with Crippen LogP contribution in [0.2, 0.25) is 0 Å². The first-order chi connectivity index (χ1) is 17.1. The number of carbonyl (C=O) groups excluding carboxylic acids is 2. The molecule has 3 atom stereocenters. The molecule has 1 N–H and O–H groups in total. The number of phenolic OH excluding ortho intramolecular Hbond substituents is 1. The van der Waals surface area contributed by atoms with Gasteiger partial charge in [0.15, 0.2) is 11.8 Å². The molecule has 35 heavy (non-hydrogen) atoms. The number of anilines is 2. The quantitative estimate of drug-likeness (QED) is 0.348. The number of ketones is 1. The van der Waals surface area contributed by atoms with Gasteiger partial charge in [-0.25, -0.2) is 4.79 Å². The summed E-state index contributed by atoms with van der Waals surface area (Å²) < 4.78 is 6.16. The number of Topliss-reactive ketones (excluding diaryl/α,β-unsaturated/α-hetero) is 1. The van der Waals surface area contributed by atoms with Crippen LogP contribution in [0.25, 0.3) is 0 Å². The molecule has 2 aliphatic rings. The lowest BCUT2D eigenvalue weighted by atomic mass is 9.78. The molecule has 180 valence electrons. The smallest absolute Gasteiger partial charge is 0.337 e. The SMILES string of the molecule is O=C1OC(C2CCCC2)C(CCc2ccc(O)cc2)C(=O)C1N(c1ccccc1)c1ccccc1. The van der Waals surface area contributed by atoms with Crippen LogP contribution in [-0.2, 0) is 20.7 Å². The van der Waals surface area contributed by atoms with Crippen LogP contribution in [0.15, 0.2) is 84.9 Å². The number of phenols is 1. The van der Waals surface area contributed by atoms with Crippen LogP contribution >= 0.6 is 0 Å². The highest BCUT2D eigenvalue weighted by atomic mass is 16.5. The number of esters is 1. The molecule has 3 aromatic rings. The average Bonchev–Trinajstić information content (AvgIpc) is 3.43. The van der Waals surface area contributed by atoms with E-state index in [2.05, 4.69) is 0 Å². The molecule has 1 heterocycles. The Bertz CT molecular complexity index is 1100. The lowest BCUT2D eigenvalue weighted by molar-refractivity contribution is -0.169. The largest absolute Gasteiger partial charge is 0.508 e. The maximum Gasteiger partial charge on any atom is 0.337 e. The molecular formula is C30H31NO4. The Morgan fingerprint density at radius 2 is 1.37 bits per heavy atom. The summed E-state index contributed by atoms with van der Waals surface area (Å²) in [7, 11) is 0. The third kappa shape index (κ3) is 4.95. The Morgan fingerprint density at radius 3 is 1.94 bits per heavy atom. The van der Waals surface area contributed by atoms with Crippen molar-refractivity contribution in [3.05, 3.63) is 90.5 Å². The standard InChI is InChI=1S/C30H31NO4/c32-25-18-15-21(16-19-25)17-20-26-28(33)27(30(34)35-29(26)22-9-7-8-10-22)31(23-11-3-1-4-12-23)24-13-5-2-6-14-24/h1-6,11-16,18-19,22,26-27,29,32H,7-10,17,20H2. The van der Waals surface area contributed by atoms with Crippen molar-refractivity contribution in [1.29, 1.82) is 0 Å². The third-order valence-electron chi connectivity index (χ3n) is 7.38. The van der Waals surface area contributed by atoms with Gasteiger partial charge in [-0.05, 0) is 73.6 Å². The van der Waals surface area contributed by atoms with Gasteiger partial charge in [0.1, 0.15) is 11.9 Å². The third-order valence-corrected chi connectivity index (χ3v) is 7.38. The Hall–Kier alpha value is -3.60. The van der Waals surface area contributed by atoms with E-state index in [1.165, 1.54) is 0 Å². The van der Waals surface area contributed by atoms with E-state index >= 15 is 0 Å². The van der Waals surface area contributed by atoms with Crippen molar-refractivity contribution < 1.29 is 19.4 Å². The van der Waals surface area contributed by atoms with Gasteiger partial charge in [-0.2, -0.15) is 0 Å². The molecule has 0 aromatic heterocycles. The summed E-state index contributed by atoms with van der Waals surface area (Å²) >= 11 is 0. The van der Waals surface area contributed by atoms with E-state index in [1.54, 1.807) is 12.1 Å². The number of cyclic esters (lactones) is 1. The second-order valence-electron chi connectivity index (χ2n) is 9.60. The molecule has 3 aromatic carbocycles. The molecule has 5 nitrogen and oxygen atoms in total. The van der Waals surface area contributed by atoms with Crippen LogP contribution in [-0.4, -0.2) is 29.0 Å². The maximum absolute atomic E-state index is 14.2. The van der Waals surface area contributed by atoms with Gasteiger partial charge in [0.25, 0.3) is 0 Å². The lowest BCUT2D eigenvalue weighted by Gasteiger charge is -2.41. The van der Waals surface area contributed by atoms with E-state index in [0.717, 1.165) is 42.6 Å². The van der Waals surface area contributed by atoms with Crippen LogP contribution in [0, 0.1) is 11.8 Å². The fourth-order valence-electron chi connectivity index (χ4n) is 5.62. The Morgan fingerprint density at radius 1 is 0.800 bits per heavy atom. The fraction of sp³-hybridized carbons (Fsp3) is 0.333. The summed E-state index contributed by atoms with van der Waals surface area (Å²) in [6, 6.07) is 25.2. The van der Waals surface area contributed by atoms with Gasteiger partial charge in [-0.1, -0.05) is 61.4 Å². The van der Waals surface area contributed by atoms with Gasteiger partial charge in [-0.3, -0.25) is 4.79 Å². The van der Waals surface area contributed by atoms with Crippen molar-refractivity contribution in [3.63, 3.8) is 0 Å². The molecule has 0 radical (unpaired) electrons. The number of nitrogens with zero attached hydrogens (tertiary/aromatic N) is 1. The van der Waals surface area contributed by atoms with Gasteiger partial charge in [0.05, 0.1) is 5.92 Å². The first kappa shape index (κ1) is 23.2. The molecule has 2 fully saturated rings. The first-order valence-electron chi connectivity index (χ1n) is 12.5. The number of ether oxygens (including phenoxy) is 1. The number of hydrogen-bond acceptors (Lipinski definition) is 5. The zero-order valence-electron chi connectivity index (χ0n) is 19.8.